The van der Waals surface area contributed by atoms with Crippen LogP contribution in [0.1, 0.15) is 33.6 Å². The largest absolute Gasteiger partial charge is 0.396 e. The SMILES string of the molecule is CC(=O)CC[C@@H]1[C@H](CO)C1(C)C. The molecule has 0 aliphatic heterocycles. The lowest BCUT2D eigenvalue weighted by Gasteiger charge is -1.99. The first kappa shape index (κ1) is 9.72. The maximum Gasteiger partial charge on any atom is 0.129 e. The van der Waals surface area contributed by atoms with Gasteiger partial charge in [-0.15, -0.1) is 0 Å². The number of ketones is 1. The highest BCUT2D eigenvalue weighted by Crippen LogP contribution is 2.59. The van der Waals surface area contributed by atoms with Crippen molar-refractivity contribution >= 4 is 5.78 Å². The third-order valence-corrected chi connectivity index (χ3v) is 3.29. The number of carbonyl (C=O) groups is 1. The second kappa shape index (κ2) is 3.17. The minimum absolute atomic E-state index is 0.259. The molecular formula is C10H18O2. The normalized spacial score (nSPS) is 31.7. The molecule has 0 aromatic rings. The van der Waals surface area contributed by atoms with Crippen LogP contribution in [0, 0.1) is 17.3 Å². The van der Waals surface area contributed by atoms with Crippen molar-refractivity contribution in [1.29, 1.82) is 0 Å². The van der Waals surface area contributed by atoms with Gasteiger partial charge in [0, 0.05) is 13.0 Å². The maximum absolute atomic E-state index is 10.7. The van der Waals surface area contributed by atoms with Crippen LogP contribution in [0.25, 0.3) is 0 Å². The summed E-state index contributed by atoms with van der Waals surface area (Å²) in [6.45, 7) is 6.23. The molecule has 0 radical (unpaired) electrons. The van der Waals surface area contributed by atoms with E-state index in [1.54, 1.807) is 6.92 Å². The summed E-state index contributed by atoms with van der Waals surface area (Å²) in [4.78, 5) is 10.7. The van der Waals surface area contributed by atoms with Crippen LogP contribution in [-0.4, -0.2) is 17.5 Å². The Kier molecular flexibility index (Phi) is 2.57. The van der Waals surface area contributed by atoms with Crippen molar-refractivity contribution in [2.24, 2.45) is 17.3 Å². The summed E-state index contributed by atoms with van der Waals surface area (Å²) in [6, 6.07) is 0. The lowest BCUT2D eigenvalue weighted by molar-refractivity contribution is -0.117. The van der Waals surface area contributed by atoms with Crippen LogP contribution in [0.5, 0.6) is 0 Å². The molecule has 0 saturated heterocycles. The number of carbonyl (C=O) groups excluding carboxylic acids is 1. The Balaban J connectivity index is 2.32. The van der Waals surface area contributed by atoms with Crippen molar-refractivity contribution < 1.29 is 9.90 Å². The smallest absolute Gasteiger partial charge is 0.129 e. The molecule has 0 aromatic carbocycles. The van der Waals surface area contributed by atoms with Gasteiger partial charge in [-0.2, -0.15) is 0 Å². The third kappa shape index (κ3) is 1.69. The minimum atomic E-state index is 0.259. The van der Waals surface area contributed by atoms with Crippen molar-refractivity contribution in [1.82, 2.24) is 0 Å². The minimum Gasteiger partial charge on any atom is -0.396 e. The molecule has 0 unspecified atom stereocenters. The van der Waals surface area contributed by atoms with Gasteiger partial charge in [0.25, 0.3) is 0 Å². The molecule has 2 atom stereocenters. The van der Waals surface area contributed by atoms with Gasteiger partial charge in [0.05, 0.1) is 0 Å². The summed E-state index contributed by atoms with van der Waals surface area (Å²) in [5.41, 5.74) is 0.268. The highest BCUT2D eigenvalue weighted by Gasteiger charge is 2.56. The predicted octanol–water partition coefficient (Wildman–Crippen LogP) is 1.62. The van der Waals surface area contributed by atoms with Crippen molar-refractivity contribution in [2.45, 2.75) is 33.6 Å². The Labute approximate surface area is 74.0 Å². The standard InChI is InChI=1S/C10H18O2/c1-7(12)4-5-8-9(6-11)10(8,2)3/h8-9,11H,4-6H2,1-3H3/t8-,9+/m1/s1. The average Bonchev–Trinajstić information content (AvgIpc) is 2.48. The van der Waals surface area contributed by atoms with Crippen molar-refractivity contribution in [3.05, 3.63) is 0 Å². The summed E-state index contributed by atoms with van der Waals surface area (Å²) >= 11 is 0. The van der Waals surface area contributed by atoms with Gasteiger partial charge in [-0.25, -0.2) is 0 Å². The second-order valence-corrected chi connectivity index (χ2v) is 4.46. The van der Waals surface area contributed by atoms with E-state index in [4.69, 9.17) is 5.11 Å². The van der Waals surface area contributed by atoms with Gasteiger partial charge >= 0.3 is 0 Å². The number of hydrogen-bond donors (Lipinski definition) is 1. The summed E-state index contributed by atoms with van der Waals surface area (Å²) < 4.78 is 0. The van der Waals surface area contributed by atoms with Crippen molar-refractivity contribution in [3.63, 3.8) is 0 Å². The van der Waals surface area contributed by atoms with E-state index >= 15 is 0 Å². The molecule has 1 N–H and O–H groups in total. The van der Waals surface area contributed by atoms with E-state index in [1.165, 1.54) is 0 Å². The lowest BCUT2D eigenvalue weighted by atomic mass is 10.1. The number of hydrogen-bond acceptors (Lipinski definition) is 2. The topological polar surface area (TPSA) is 37.3 Å². The van der Waals surface area contributed by atoms with Gasteiger partial charge in [-0.3, -0.25) is 0 Å². The molecular weight excluding hydrogens is 152 g/mol. The van der Waals surface area contributed by atoms with Crippen LogP contribution in [0.3, 0.4) is 0 Å². The van der Waals surface area contributed by atoms with Crippen molar-refractivity contribution in [3.8, 4) is 0 Å². The zero-order chi connectivity index (χ0) is 9.35. The van der Waals surface area contributed by atoms with E-state index in [1.807, 2.05) is 0 Å². The van der Waals surface area contributed by atoms with Gasteiger partial charge in [0.1, 0.15) is 5.78 Å². The molecule has 0 amide bonds. The van der Waals surface area contributed by atoms with E-state index in [-0.39, 0.29) is 17.8 Å². The average molecular weight is 170 g/mol. The van der Waals surface area contributed by atoms with Gasteiger partial charge in [0.15, 0.2) is 0 Å². The van der Waals surface area contributed by atoms with Gasteiger partial charge in [-0.05, 0) is 30.6 Å². The first-order valence-corrected chi connectivity index (χ1v) is 4.60. The molecule has 1 aliphatic carbocycles. The molecule has 0 bridgehead atoms. The van der Waals surface area contributed by atoms with Crippen LogP contribution in [0.2, 0.25) is 0 Å². The highest BCUT2D eigenvalue weighted by molar-refractivity contribution is 5.75. The molecule has 0 heterocycles. The highest BCUT2D eigenvalue weighted by atomic mass is 16.3. The monoisotopic (exact) mass is 170 g/mol. The Morgan fingerprint density at radius 1 is 1.42 bits per heavy atom. The Morgan fingerprint density at radius 3 is 2.33 bits per heavy atom. The number of rotatable bonds is 4. The van der Waals surface area contributed by atoms with Gasteiger partial charge < -0.3 is 9.90 Å². The van der Waals surface area contributed by atoms with E-state index < -0.39 is 0 Å². The van der Waals surface area contributed by atoms with Crippen LogP contribution in [-0.2, 0) is 4.79 Å². The fraction of sp³-hybridized carbons (Fsp3) is 0.900. The molecule has 1 saturated carbocycles. The summed E-state index contributed by atoms with van der Waals surface area (Å²) in [5.74, 6) is 1.25. The molecule has 0 spiro atoms. The number of Topliss-reactive ketones (excluding diaryl/α,β-unsaturated/α-hetero) is 1. The molecule has 1 aliphatic rings. The van der Waals surface area contributed by atoms with Crippen LogP contribution < -0.4 is 0 Å². The first-order chi connectivity index (χ1) is 5.50. The van der Waals surface area contributed by atoms with Crippen LogP contribution >= 0.6 is 0 Å². The fourth-order valence-electron chi connectivity index (χ4n) is 2.15. The molecule has 2 nitrogen and oxygen atoms in total. The Hall–Kier alpha value is -0.370. The molecule has 12 heavy (non-hydrogen) atoms. The summed E-state index contributed by atoms with van der Waals surface area (Å²) in [5, 5.41) is 8.99. The summed E-state index contributed by atoms with van der Waals surface area (Å²) in [6.07, 6.45) is 1.62. The number of aliphatic hydroxyl groups is 1. The molecule has 2 heteroatoms. The van der Waals surface area contributed by atoms with Gasteiger partial charge in [0.2, 0.25) is 0 Å². The maximum atomic E-state index is 10.7. The summed E-state index contributed by atoms with van der Waals surface area (Å²) in [7, 11) is 0. The van der Waals surface area contributed by atoms with E-state index in [0.717, 1.165) is 6.42 Å². The first-order valence-electron chi connectivity index (χ1n) is 4.60. The molecule has 0 aromatic heterocycles. The molecule has 1 rings (SSSR count). The van der Waals surface area contributed by atoms with E-state index in [0.29, 0.717) is 18.3 Å². The Bertz CT molecular complexity index is 184. The number of aliphatic hydroxyl groups excluding tert-OH is 1. The third-order valence-electron chi connectivity index (χ3n) is 3.29. The Morgan fingerprint density at radius 2 is 2.00 bits per heavy atom. The van der Waals surface area contributed by atoms with Gasteiger partial charge in [-0.1, -0.05) is 13.8 Å². The molecule has 70 valence electrons. The predicted molar refractivity (Wildman–Crippen MR) is 47.8 cm³/mol. The second-order valence-electron chi connectivity index (χ2n) is 4.46. The van der Waals surface area contributed by atoms with E-state index in [2.05, 4.69) is 13.8 Å². The van der Waals surface area contributed by atoms with Crippen LogP contribution in [0.15, 0.2) is 0 Å². The molecule has 1 fully saturated rings. The lowest BCUT2D eigenvalue weighted by Crippen LogP contribution is -1.94. The zero-order valence-electron chi connectivity index (χ0n) is 8.13. The zero-order valence-corrected chi connectivity index (χ0v) is 8.13. The quantitative estimate of drug-likeness (QED) is 0.696. The van der Waals surface area contributed by atoms with Crippen molar-refractivity contribution in [2.75, 3.05) is 6.61 Å². The fourth-order valence-corrected chi connectivity index (χ4v) is 2.15. The van der Waals surface area contributed by atoms with E-state index in [9.17, 15) is 4.79 Å². The van der Waals surface area contributed by atoms with Crippen LogP contribution in [0.4, 0.5) is 0 Å².